The summed E-state index contributed by atoms with van der Waals surface area (Å²) in [7, 11) is -3.66. The molecular formula is C18H24N2O5S. The van der Waals surface area contributed by atoms with Crippen LogP contribution in [0, 0.1) is 12.8 Å². The molecule has 0 bridgehead atoms. The minimum atomic E-state index is -3.66. The van der Waals surface area contributed by atoms with Crippen LogP contribution in [0.4, 0.5) is 0 Å². The van der Waals surface area contributed by atoms with Crippen molar-refractivity contribution >= 4 is 27.0 Å². The number of piperidine rings is 1. The molecule has 1 aromatic heterocycles. The van der Waals surface area contributed by atoms with Crippen molar-refractivity contribution in [3.8, 4) is 0 Å². The molecule has 2 aromatic rings. The third kappa shape index (κ3) is 3.62. The van der Waals surface area contributed by atoms with Gasteiger partial charge in [-0.05, 0) is 57.5 Å². The van der Waals surface area contributed by atoms with E-state index in [0.717, 1.165) is 19.5 Å². The Labute approximate surface area is 153 Å². The van der Waals surface area contributed by atoms with E-state index in [4.69, 9.17) is 9.15 Å². The summed E-state index contributed by atoms with van der Waals surface area (Å²) >= 11 is 0. The molecule has 0 radical (unpaired) electrons. The van der Waals surface area contributed by atoms with E-state index in [9.17, 15) is 13.2 Å². The summed E-state index contributed by atoms with van der Waals surface area (Å²) < 4.78 is 38.9. The Balaban J connectivity index is 1.92. The van der Waals surface area contributed by atoms with E-state index in [1.54, 1.807) is 26.0 Å². The second-order valence-electron chi connectivity index (χ2n) is 6.63. The summed E-state index contributed by atoms with van der Waals surface area (Å²) in [4.78, 5) is 12.1. The van der Waals surface area contributed by atoms with Gasteiger partial charge < -0.3 is 14.5 Å². The molecule has 0 amide bonds. The zero-order chi connectivity index (χ0) is 18.9. The standard InChI is InChI=1S/C18H24N2O5S/c1-4-24-18(21)17-12(3)14-9-13(5-6-16(14)25-17)26(22,23)20-15-7-8-19-10-11(15)2/h5-6,9,11,15,19-20H,4,7-8,10H2,1-3H3. The first-order valence-electron chi connectivity index (χ1n) is 8.76. The minimum absolute atomic E-state index is 0.0995. The molecule has 1 fully saturated rings. The van der Waals surface area contributed by atoms with Crippen LogP contribution in [0.2, 0.25) is 0 Å². The third-order valence-corrected chi connectivity index (χ3v) is 6.26. The van der Waals surface area contributed by atoms with Crippen LogP contribution in [0.15, 0.2) is 27.5 Å². The van der Waals surface area contributed by atoms with Crippen LogP contribution in [0.25, 0.3) is 11.0 Å². The van der Waals surface area contributed by atoms with Crippen LogP contribution in [-0.2, 0) is 14.8 Å². The highest BCUT2D eigenvalue weighted by Gasteiger charge is 2.27. The first-order valence-corrected chi connectivity index (χ1v) is 10.2. The molecule has 26 heavy (non-hydrogen) atoms. The number of carbonyl (C=O) groups is 1. The SMILES string of the molecule is CCOC(=O)c1oc2ccc(S(=O)(=O)NC3CCNCC3C)cc2c1C. The zero-order valence-electron chi connectivity index (χ0n) is 15.2. The molecule has 7 nitrogen and oxygen atoms in total. The molecular weight excluding hydrogens is 356 g/mol. The molecule has 0 spiro atoms. The average Bonchev–Trinajstić information content (AvgIpc) is 2.93. The van der Waals surface area contributed by atoms with Gasteiger partial charge in [-0.1, -0.05) is 6.92 Å². The number of sulfonamides is 1. The van der Waals surface area contributed by atoms with E-state index in [-0.39, 0.29) is 29.2 Å². The quantitative estimate of drug-likeness (QED) is 0.772. The van der Waals surface area contributed by atoms with E-state index in [1.807, 2.05) is 6.92 Å². The van der Waals surface area contributed by atoms with E-state index < -0.39 is 16.0 Å². The smallest absolute Gasteiger partial charge is 0.374 e. The number of benzene rings is 1. The van der Waals surface area contributed by atoms with Gasteiger partial charge in [0.25, 0.3) is 0 Å². The highest BCUT2D eigenvalue weighted by atomic mass is 32.2. The summed E-state index contributed by atoms with van der Waals surface area (Å²) in [6.45, 7) is 7.28. The first kappa shape index (κ1) is 18.9. The number of ether oxygens (including phenoxy) is 1. The van der Waals surface area contributed by atoms with Crippen LogP contribution in [0.3, 0.4) is 0 Å². The van der Waals surface area contributed by atoms with Gasteiger partial charge >= 0.3 is 5.97 Å². The van der Waals surface area contributed by atoms with E-state index >= 15 is 0 Å². The number of hydrogen-bond acceptors (Lipinski definition) is 6. The number of nitrogens with one attached hydrogen (secondary N) is 2. The molecule has 3 rings (SSSR count). The Bertz CT molecular complexity index is 919. The zero-order valence-corrected chi connectivity index (χ0v) is 16.0. The number of carbonyl (C=O) groups excluding carboxylic acids is 1. The van der Waals surface area contributed by atoms with Gasteiger partial charge in [0.2, 0.25) is 15.8 Å². The fourth-order valence-electron chi connectivity index (χ4n) is 3.22. The molecule has 0 saturated carbocycles. The fraction of sp³-hybridized carbons (Fsp3) is 0.500. The van der Waals surface area contributed by atoms with Gasteiger partial charge in [0.1, 0.15) is 5.58 Å². The lowest BCUT2D eigenvalue weighted by Crippen LogP contribution is -2.48. The Morgan fingerprint density at radius 3 is 2.88 bits per heavy atom. The van der Waals surface area contributed by atoms with Gasteiger partial charge in [-0.2, -0.15) is 0 Å². The largest absolute Gasteiger partial charge is 0.460 e. The number of aryl methyl sites for hydroxylation is 1. The summed E-state index contributed by atoms with van der Waals surface area (Å²) in [6, 6.07) is 4.52. The highest BCUT2D eigenvalue weighted by molar-refractivity contribution is 7.89. The van der Waals surface area contributed by atoms with Crippen molar-refractivity contribution in [3.63, 3.8) is 0 Å². The van der Waals surface area contributed by atoms with E-state index in [1.165, 1.54) is 6.07 Å². The molecule has 1 saturated heterocycles. The van der Waals surface area contributed by atoms with Gasteiger partial charge in [0.15, 0.2) is 0 Å². The Morgan fingerprint density at radius 2 is 2.19 bits per heavy atom. The number of fused-ring (bicyclic) bond motifs is 1. The van der Waals surface area contributed by atoms with Crippen molar-refractivity contribution in [3.05, 3.63) is 29.5 Å². The van der Waals surface area contributed by atoms with Crippen molar-refractivity contribution in [1.29, 1.82) is 0 Å². The lowest BCUT2D eigenvalue weighted by atomic mass is 9.97. The van der Waals surface area contributed by atoms with E-state index in [0.29, 0.717) is 16.5 Å². The molecule has 1 aliphatic heterocycles. The van der Waals surface area contributed by atoms with Crippen molar-refractivity contribution in [2.24, 2.45) is 5.92 Å². The van der Waals surface area contributed by atoms with Crippen molar-refractivity contribution in [2.45, 2.75) is 38.1 Å². The van der Waals surface area contributed by atoms with E-state index in [2.05, 4.69) is 10.0 Å². The number of rotatable bonds is 5. The maximum Gasteiger partial charge on any atom is 0.374 e. The fourth-order valence-corrected chi connectivity index (χ4v) is 4.62. The summed E-state index contributed by atoms with van der Waals surface area (Å²) in [5, 5.41) is 3.85. The molecule has 2 atom stereocenters. The summed E-state index contributed by atoms with van der Waals surface area (Å²) in [5.41, 5.74) is 1.03. The maximum atomic E-state index is 12.8. The summed E-state index contributed by atoms with van der Waals surface area (Å²) in [6.07, 6.45) is 0.750. The van der Waals surface area contributed by atoms with Gasteiger partial charge in [-0.25, -0.2) is 17.9 Å². The Morgan fingerprint density at radius 1 is 1.42 bits per heavy atom. The summed E-state index contributed by atoms with van der Waals surface area (Å²) in [5.74, 6) is -0.225. The molecule has 8 heteroatoms. The Kier molecular flexibility index (Phi) is 5.36. The van der Waals surface area contributed by atoms with Crippen molar-refractivity contribution < 1.29 is 22.4 Å². The molecule has 1 aromatic carbocycles. The minimum Gasteiger partial charge on any atom is -0.460 e. The predicted molar refractivity (Wildman–Crippen MR) is 97.7 cm³/mol. The highest BCUT2D eigenvalue weighted by Crippen LogP contribution is 2.28. The number of furan rings is 1. The normalized spacial score (nSPS) is 21.0. The molecule has 0 aliphatic carbocycles. The van der Waals surface area contributed by atoms with Gasteiger partial charge in [-0.3, -0.25) is 0 Å². The third-order valence-electron chi connectivity index (χ3n) is 4.77. The molecule has 2 N–H and O–H groups in total. The number of hydrogen-bond donors (Lipinski definition) is 2. The molecule has 1 aliphatic rings. The van der Waals surface area contributed by atoms with Crippen LogP contribution >= 0.6 is 0 Å². The van der Waals surface area contributed by atoms with Gasteiger partial charge in [0, 0.05) is 17.0 Å². The van der Waals surface area contributed by atoms with Crippen LogP contribution < -0.4 is 10.0 Å². The van der Waals surface area contributed by atoms with Crippen molar-refractivity contribution in [1.82, 2.24) is 10.0 Å². The lowest BCUT2D eigenvalue weighted by molar-refractivity contribution is 0.0491. The van der Waals surface area contributed by atoms with Crippen LogP contribution in [0.1, 0.15) is 36.4 Å². The van der Waals surface area contributed by atoms with Gasteiger partial charge in [0.05, 0.1) is 11.5 Å². The second-order valence-corrected chi connectivity index (χ2v) is 8.35. The number of esters is 1. The predicted octanol–water partition coefficient (Wildman–Crippen LogP) is 2.19. The van der Waals surface area contributed by atoms with Crippen LogP contribution in [-0.4, -0.2) is 40.1 Å². The van der Waals surface area contributed by atoms with Gasteiger partial charge in [-0.15, -0.1) is 0 Å². The molecule has 2 unspecified atom stereocenters. The topological polar surface area (TPSA) is 97.6 Å². The monoisotopic (exact) mass is 380 g/mol. The lowest BCUT2D eigenvalue weighted by Gasteiger charge is -2.29. The maximum absolute atomic E-state index is 12.8. The molecule has 2 heterocycles. The first-order chi connectivity index (χ1) is 12.3. The van der Waals surface area contributed by atoms with Crippen LogP contribution in [0.5, 0.6) is 0 Å². The second kappa shape index (κ2) is 7.38. The Hall–Kier alpha value is -1.90. The molecule has 142 valence electrons. The van der Waals surface area contributed by atoms with Crippen molar-refractivity contribution in [2.75, 3.05) is 19.7 Å². The average molecular weight is 380 g/mol.